The van der Waals surface area contributed by atoms with E-state index >= 15 is 0 Å². The second kappa shape index (κ2) is 6.02. The van der Waals surface area contributed by atoms with Crippen molar-refractivity contribution in [3.8, 4) is 0 Å². The zero-order valence-corrected chi connectivity index (χ0v) is 12.7. The van der Waals surface area contributed by atoms with Gasteiger partial charge in [0.2, 0.25) is 5.91 Å². The summed E-state index contributed by atoms with van der Waals surface area (Å²) in [4.78, 5) is 27.0. The highest BCUT2D eigenvalue weighted by Gasteiger charge is 2.22. The average Bonchev–Trinajstić information content (AvgIpc) is 2.80. The molecular formula is C14H19NO3S. The highest BCUT2D eigenvalue weighted by Crippen LogP contribution is 2.27. The fourth-order valence-corrected chi connectivity index (χ4v) is 2.60. The molecule has 4 nitrogen and oxygen atoms in total. The van der Waals surface area contributed by atoms with Crippen LogP contribution in [0.2, 0.25) is 0 Å². The Morgan fingerprint density at radius 3 is 2.26 bits per heavy atom. The molecule has 1 amide bonds. The topological polar surface area (TPSA) is 57.6 Å². The predicted octanol–water partition coefficient (Wildman–Crippen LogP) is 3.00. The van der Waals surface area contributed by atoms with Crippen LogP contribution >= 0.6 is 11.3 Å². The molecule has 0 radical (unpaired) electrons. The van der Waals surface area contributed by atoms with Crippen LogP contribution in [0.5, 0.6) is 0 Å². The molecule has 1 aromatic rings. The third kappa shape index (κ3) is 3.44. The monoisotopic (exact) mass is 281 g/mol. The Balaban J connectivity index is 2.94. The molecule has 0 aliphatic rings. The summed E-state index contributed by atoms with van der Waals surface area (Å²) < 4.78 is 0. The molecule has 0 spiro atoms. The second-order valence-corrected chi connectivity index (χ2v) is 5.92. The molecule has 0 aliphatic carbocycles. The molecule has 1 N–H and O–H groups in total. The van der Waals surface area contributed by atoms with Gasteiger partial charge >= 0.3 is 5.97 Å². The lowest BCUT2D eigenvalue weighted by molar-refractivity contribution is -0.134. The number of rotatable bonds is 4. The van der Waals surface area contributed by atoms with E-state index in [4.69, 9.17) is 5.11 Å². The molecule has 0 saturated carbocycles. The van der Waals surface area contributed by atoms with E-state index in [0.717, 1.165) is 4.88 Å². The van der Waals surface area contributed by atoms with Gasteiger partial charge in [0.25, 0.3) is 0 Å². The van der Waals surface area contributed by atoms with Crippen molar-refractivity contribution in [3.05, 3.63) is 33.0 Å². The van der Waals surface area contributed by atoms with E-state index in [1.807, 2.05) is 26.0 Å². The largest absolute Gasteiger partial charge is 0.478 e. The Hall–Kier alpha value is -1.62. The van der Waals surface area contributed by atoms with E-state index in [0.29, 0.717) is 0 Å². The lowest BCUT2D eigenvalue weighted by atomic mass is 10.1. The number of aryl methyl sites for hydroxylation is 1. The minimum Gasteiger partial charge on any atom is -0.478 e. The highest BCUT2D eigenvalue weighted by atomic mass is 32.1. The summed E-state index contributed by atoms with van der Waals surface area (Å²) in [5.41, 5.74) is 0.363. The first kappa shape index (κ1) is 15.4. The number of carbonyl (C=O) groups is 2. The maximum Gasteiger partial charge on any atom is 0.331 e. The normalized spacial score (nSPS) is 13.7. The Morgan fingerprint density at radius 2 is 1.84 bits per heavy atom. The standard InChI is InChI=1S/C14H19NO3S/c1-8-6-7-12(19-8)11(4)15(5)13(16)9(2)10(3)14(17)18/h6-7,11H,1-5H3,(H,17,18). The van der Waals surface area contributed by atoms with Crippen molar-refractivity contribution in [3.63, 3.8) is 0 Å². The zero-order chi connectivity index (χ0) is 14.7. The molecule has 0 aromatic carbocycles. The van der Waals surface area contributed by atoms with Crippen LogP contribution in [0.3, 0.4) is 0 Å². The fraction of sp³-hybridized carbons (Fsp3) is 0.429. The smallest absolute Gasteiger partial charge is 0.331 e. The number of amides is 1. The molecule has 1 atom stereocenters. The summed E-state index contributed by atoms with van der Waals surface area (Å²) in [5.74, 6) is -1.31. The molecule has 0 fully saturated rings. The van der Waals surface area contributed by atoms with Crippen molar-refractivity contribution >= 4 is 23.2 Å². The van der Waals surface area contributed by atoms with Gasteiger partial charge in [-0.3, -0.25) is 4.79 Å². The van der Waals surface area contributed by atoms with Gasteiger partial charge in [-0.05, 0) is 39.8 Å². The summed E-state index contributed by atoms with van der Waals surface area (Å²) in [7, 11) is 1.70. The first-order valence-electron chi connectivity index (χ1n) is 6.00. The lowest BCUT2D eigenvalue weighted by Crippen LogP contribution is -2.30. The van der Waals surface area contributed by atoms with Gasteiger partial charge in [-0.2, -0.15) is 0 Å². The number of aliphatic carboxylic acids is 1. The summed E-state index contributed by atoms with van der Waals surface area (Å²) in [6.45, 7) is 6.95. The van der Waals surface area contributed by atoms with Gasteiger partial charge in [-0.25, -0.2) is 4.79 Å². The number of carbonyl (C=O) groups excluding carboxylic acids is 1. The first-order valence-corrected chi connectivity index (χ1v) is 6.81. The molecule has 1 heterocycles. The molecule has 5 heteroatoms. The number of carboxylic acids is 1. The summed E-state index contributed by atoms with van der Waals surface area (Å²) in [5, 5.41) is 8.92. The first-order chi connectivity index (χ1) is 8.75. The van der Waals surface area contributed by atoms with Gasteiger partial charge < -0.3 is 10.0 Å². The Morgan fingerprint density at radius 1 is 1.26 bits per heavy atom. The average molecular weight is 281 g/mol. The third-order valence-electron chi connectivity index (χ3n) is 3.28. The molecule has 1 unspecified atom stereocenters. The minimum atomic E-state index is -1.06. The van der Waals surface area contributed by atoms with Crippen LogP contribution < -0.4 is 0 Å². The van der Waals surface area contributed by atoms with Crippen LogP contribution in [0.1, 0.15) is 36.6 Å². The molecule has 104 valence electrons. The molecule has 0 bridgehead atoms. The van der Waals surface area contributed by atoms with Crippen LogP contribution in [0.4, 0.5) is 0 Å². The van der Waals surface area contributed by atoms with E-state index in [-0.39, 0.29) is 23.1 Å². The Bertz CT molecular complexity index is 531. The van der Waals surface area contributed by atoms with E-state index in [1.165, 1.54) is 11.8 Å². The van der Waals surface area contributed by atoms with Gasteiger partial charge in [-0.15, -0.1) is 11.3 Å². The van der Waals surface area contributed by atoms with Gasteiger partial charge in [0.1, 0.15) is 0 Å². The second-order valence-electron chi connectivity index (χ2n) is 4.60. The summed E-state index contributed by atoms with van der Waals surface area (Å²) >= 11 is 1.64. The Kier molecular flexibility index (Phi) is 4.89. The van der Waals surface area contributed by atoms with Crippen LogP contribution in [0.25, 0.3) is 0 Å². The van der Waals surface area contributed by atoms with Crippen LogP contribution in [-0.2, 0) is 9.59 Å². The maximum absolute atomic E-state index is 12.2. The van der Waals surface area contributed by atoms with Crippen molar-refractivity contribution in [1.82, 2.24) is 4.90 Å². The fourth-order valence-electron chi connectivity index (χ4n) is 1.63. The van der Waals surface area contributed by atoms with E-state index in [2.05, 4.69) is 0 Å². The SMILES string of the molecule is CC(C(=O)O)=C(C)C(=O)N(C)C(C)c1ccc(C)s1. The summed E-state index contributed by atoms with van der Waals surface area (Å²) in [6.07, 6.45) is 0. The molecule has 19 heavy (non-hydrogen) atoms. The molecule has 1 aromatic heterocycles. The van der Waals surface area contributed by atoms with Crippen molar-refractivity contribution in [2.24, 2.45) is 0 Å². The van der Waals surface area contributed by atoms with Crippen molar-refractivity contribution < 1.29 is 14.7 Å². The van der Waals surface area contributed by atoms with Gasteiger partial charge in [-0.1, -0.05) is 0 Å². The van der Waals surface area contributed by atoms with E-state index in [9.17, 15) is 9.59 Å². The van der Waals surface area contributed by atoms with Gasteiger partial charge in [0, 0.05) is 27.9 Å². The predicted molar refractivity (Wildman–Crippen MR) is 76.3 cm³/mol. The molecule has 0 saturated heterocycles. The number of carboxylic acid groups (broad SMARTS) is 1. The number of thiophene rings is 1. The van der Waals surface area contributed by atoms with Crippen LogP contribution in [-0.4, -0.2) is 28.9 Å². The van der Waals surface area contributed by atoms with Crippen LogP contribution in [0, 0.1) is 6.92 Å². The molecule has 0 aliphatic heterocycles. The third-order valence-corrected chi connectivity index (χ3v) is 4.45. The molecular weight excluding hydrogens is 262 g/mol. The van der Waals surface area contributed by atoms with Gasteiger partial charge in [0.05, 0.1) is 6.04 Å². The number of hydrogen-bond acceptors (Lipinski definition) is 3. The minimum absolute atomic E-state index is 0.0669. The number of hydrogen-bond donors (Lipinski definition) is 1. The van der Waals surface area contributed by atoms with E-state index < -0.39 is 5.97 Å². The van der Waals surface area contributed by atoms with Gasteiger partial charge in [0.15, 0.2) is 0 Å². The lowest BCUT2D eigenvalue weighted by Gasteiger charge is -2.24. The van der Waals surface area contributed by atoms with Crippen molar-refractivity contribution in [2.75, 3.05) is 7.05 Å². The highest BCUT2D eigenvalue weighted by molar-refractivity contribution is 7.12. The summed E-state index contributed by atoms with van der Waals surface area (Å²) in [6, 6.07) is 3.94. The number of likely N-dealkylation sites (N-methyl/N-ethyl adjacent to an activating group) is 1. The van der Waals surface area contributed by atoms with Crippen LogP contribution in [0.15, 0.2) is 23.3 Å². The van der Waals surface area contributed by atoms with Crippen molar-refractivity contribution in [1.29, 1.82) is 0 Å². The Labute approximate surface area is 117 Å². The quantitative estimate of drug-likeness (QED) is 0.863. The zero-order valence-electron chi connectivity index (χ0n) is 11.9. The van der Waals surface area contributed by atoms with Crippen molar-refractivity contribution in [2.45, 2.75) is 33.7 Å². The van der Waals surface area contributed by atoms with E-state index in [1.54, 1.807) is 30.2 Å². The number of nitrogens with zero attached hydrogens (tertiary/aromatic N) is 1. The molecule has 1 rings (SSSR count). The maximum atomic E-state index is 12.2.